The molecule has 3 aromatic rings. The summed E-state index contributed by atoms with van der Waals surface area (Å²) in [6.45, 7) is 3.81. The molecule has 5 atom stereocenters. The summed E-state index contributed by atoms with van der Waals surface area (Å²) >= 11 is 0. The van der Waals surface area contributed by atoms with Crippen LogP contribution in [0.4, 0.5) is 30.7 Å². The lowest BCUT2D eigenvalue weighted by Crippen LogP contribution is -2.44. The number of ether oxygens (including phenoxy) is 2. The molecule has 4 nitrogen and oxygen atoms in total. The van der Waals surface area contributed by atoms with E-state index in [0.29, 0.717) is 43.6 Å². The summed E-state index contributed by atoms with van der Waals surface area (Å²) in [5, 5.41) is 3.43. The van der Waals surface area contributed by atoms with Crippen LogP contribution in [0, 0.1) is 17.7 Å². The lowest BCUT2D eigenvalue weighted by atomic mass is 9.67. The van der Waals surface area contributed by atoms with Crippen LogP contribution in [0.5, 0.6) is 0 Å². The molecule has 0 bridgehead atoms. The van der Waals surface area contributed by atoms with E-state index in [1.807, 2.05) is 30.3 Å². The van der Waals surface area contributed by atoms with Gasteiger partial charge in [-0.15, -0.1) is 0 Å². The van der Waals surface area contributed by atoms with Gasteiger partial charge in [0.1, 0.15) is 5.82 Å². The molecule has 0 saturated heterocycles. The molecule has 0 amide bonds. The highest BCUT2D eigenvalue weighted by Gasteiger charge is 2.43. The number of esters is 1. The molecular formula is C33H34F7NO3. The van der Waals surface area contributed by atoms with Crippen LogP contribution in [0.15, 0.2) is 72.8 Å². The van der Waals surface area contributed by atoms with Gasteiger partial charge in [0.05, 0.1) is 29.9 Å². The third-order valence-electron chi connectivity index (χ3n) is 8.06. The Labute approximate surface area is 251 Å². The first-order chi connectivity index (χ1) is 20.7. The Morgan fingerprint density at radius 3 is 2.09 bits per heavy atom. The number of nitrogens with one attached hydrogen (secondary N) is 1. The van der Waals surface area contributed by atoms with E-state index in [9.17, 15) is 35.5 Å². The Hall–Kier alpha value is -3.44. The number of benzene rings is 3. The van der Waals surface area contributed by atoms with Crippen LogP contribution in [-0.4, -0.2) is 25.2 Å². The Bertz CT molecular complexity index is 1340. The molecule has 0 unspecified atom stereocenters. The summed E-state index contributed by atoms with van der Waals surface area (Å²) in [6, 6.07) is 16.9. The van der Waals surface area contributed by atoms with Crippen molar-refractivity contribution in [2.45, 2.75) is 63.7 Å². The molecule has 0 radical (unpaired) electrons. The van der Waals surface area contributed by atoms with Crippen molar-refractivity contribution in [2.75, 3.05) is 13.2 Å². The molecule has 3 aromatic carbocycles. The van der Waals surface area contributed by atoms with Crippen LogP contribution >= 0.6 is 0 Å². The monoisotopic (exact) mass is 625 g/mol. The Morgan fingerprint density at radius 1 is 0.909 bits per heavy atom. The van der Waals surface area contributed by atoms with Crippen LogP contribution < -0.4 is 5.32 Å². The van der Waals surface area contributed by atoms with Gasteiger partial charge in [-0.1, -0.05) is 42.5 Å². The average molecular weight is 626 g/mol. The largest absolute Gasteiger partial charge is 0.466 e. The average Bonchev–Trinajstić information content (AvgIpc) is 2.96. The molecule has 0 heterocycles. The highest BCUT2D eigenvalue weighted by molar-refractivity contribution is 5.65. The Morgan fingerprint density at radius 2 is 1.52 bits per heavy atom. The first-order valence-electron chi connectivity index (χ1n) is 14.3. The zero-order chi connectivity index (χ0) is 32.1. The number of hydrogen-bond donors (Lipinski definition) is 1. The molecule has 1 aliphatic rings. The van der Waals surface area contributed by atoms with Crippen molar-refractivity contribution in [1.29, 1.82) is 0 Å². The Balaban J connectivity index is 1.67. The summed E-state index contributed by atoms with van der Waals surface area (Å²) < 4.78 is 107. The second-order valence-corrected chi connectivity index (χ2v) is 11.2. The van der Waals surface area contributed by atoms with Crippen molar-refractivity contribution in [2.24, 2.45) is 11.8 Å². The predicted octanol–water partition coefficient (Wildman–Crippen LogP) is 8.47. The summed E-state index contributed by atoms with van der Waals surface area (Å²) in [7, 11) is 0. The van der Waals surface area contributed by atoms with Gasteiger partial charge in [-0.25, -0.2) is 4.39 Å². The van der Waals surface area contributed by atoms with Crippen molar-refractivity contribution in [3.05, 3.63) is 106 Å². The topological polar surface area (TPSA) is 47.6 Å². The van der Waals surface area contributed by atoms with Gasteiger partial charge in [0, 0.05) is 19.4 Å². The third-order valence-corrected chi connectivity index (χ3v) is 8.06. The number of rotatable bonds is 10. The second-order valence-electron chi connectivity index (χ2n) is 11.2. The fourth-order valence-corrected chi connectivity index (χ4v) is 5.90. The highest BCUT2D eigenvalue weighted by atomic mass is 19.4. The van der Waals surface area contributed by atoms with Gasteiger partial charge < -0.3 is 14.8 Å². The van der Waals surface area contributed by atoms with E-state index in [2.05, 4.69) is 5.32 Å². The van der Waals surface area contributed by atoms with Crippen LogP contribution in [-0.2, 0) is 33.2 Å². The Kier molecular flexibility index (Phi) is 10.7. The molecule has 4 rings (SSSR count). The maximum absolute atomic E-state index is 13.9. The van der Waals surface area contributed by atoms with Crippen molar-refractivity contribution in [3.8, 4) is 0 Å². The molecule has 44 heavy (non-hydrogen) atoms. The second kappa shape index (κ2) is 14.1. The number of hydrogen-bond acceptors (Lipinski definition) is 4. The first-order valence-corrected chi connectivity index (χ1v) is 14.3. The summed E-state index contributed by atoms with van der Waals surface area (Å²) in [5.41, 5.74) is -1.36. The molecular weight excluding hydrogens is 591 g/mol. The van der Waals surface area contributed by atoms with Gasteiger partial charge in [-0.05, 0) is 85.2 Å². The zero-order valence-electron chi connectivity index (χ0n) is 24.2. The van der Waals surface area contributed by atoms with Gasteiger partial charge in [-0.2, -0.15) is 26.3 Å². The smallest absolute Gasteiger partial charge is 0.416 e. The molecule has 1 fully saturated rings. The fraction of sp³-hybridized carbons (Fsp3) is 0.424. The van der Waals surface area contributed by atoms with Gasteiger partial charge in [-0.3, -0.25) is 4.79 Å². The lowest BCUT2D eigenvalue weighted by molar-refractivity contribution is -0.144. The maximum Gasteiger partial charge on any atom is 0.416 e. The highest BCUT2D eigenvalue weighted by Crippen LogP contribution is 2.45. The van der Waals surface area contributed by atoms with E-state index in [4.69, 9.17) is 9.47 Å². The molecule has 0 aromatic heterocycles. The minimum absolute atomic E-state index is 0.0895. The van der Waals surface area contributed by atoms with Gasteiger partial charge >= 0.3 is 18.3 Å². The van der Waals surface area contributed by atoms with E-state index >= 15 is 0 Å². The molecule has 1 aliphatic carbocycles. The van der Waals surface area contributed by atoms with Gasteiger partial charge in [0.2, 0.25) is 0 Å². The molecule has 11 heteroatoms. The standard InChI is InChI=1S/C33H34F7NO3/c1-20(25-14-26(32(35,36)37)16-27(15-25)33(38,39)40)44-30-13-10-24(19-43-21(2)42)29(18-41-17-22-6-4-3-5-7-22)31(30)23-8-11-28(34)12-9-23/h3-9,11-12,14-16,20,24,29-31,41H,10,13,17-19H2,1-2H3/t20-,24-,29-,30+,31+/m1/s1. The van der Waals surface area contributed by atoms with E-state index in [-0.39, 0.29) is 30.1 Å². The third kappa shape index (κ3) is 8.81. The van der Waals surface area contributed by atoms with Crippen LogP contribution in [0.25, 0.3) is 0 Å². The summed E-state index contributed by atoms with van der Waals surface area (Å²) in [4.78, 5) is 11.7. The van der Waals surface area contributed by atoms with Crippen LogP contribution in [0.1, 0.15) is 66.5 Å². The van der Waals surface area contributed by atoms with E-state index < -0.39 is 53.4 Å². The number of alkyl halides is 6. The first kappa shape index (κ1) is 33.5. The fourth-order valence-electron chi connectivity index (χ4n) is 5.90. The number of halogens is 7. The minimum Gasteiger partial charge on any atom is -0.466 e. The summed E-state index contributed by atoms with van der Waals surface area (Å²) in [6.07, 6.45) is -10.8. The quantitative estimate of drug-likeness (QED) is 0.181. The van der Waals surface area contributed by atoms with Crippen LogP contribution in [0.3, 0.4) is 0 Å². The van der Waals surface area contributed by atoms with Crippen LogP contribution in [0.2, 0.25) is 0 Å². The van der Waals surface area contributed by atoms with Crippen molar-refractivity contribution >= 4 is 5.97 Å². The predicted molar refractivity (Wildman–Crippen MR) is 150 cm³/mol. The molecule has 1 saturated carbocycles. The molecule has 0 spiro atoms. The van der Waals surface area contributed by atoms with Gasteiger partial charge in [0.25, 0.3) is 0 Å². The normalized spacial score (nSPS) is 21.6. The number of carbonyl (C=O) groups excluding carboxylic acids is 1. The van der Waals surface area contributed by atoms with Crippen molar-refractivity contribution < 1.29 is 45.0 Å². The SMILES string of the molecule is CC(=O)OC[C@H]1CC[C@H](O[C@H](C)c2cc(C(F)(F)F)cc(C(F)(F)F)c2)[C@@H](c2ccc(F)cc2)[C@@H]1CNCc1ccccc1. The van der Waals surface area contributed by atoms with Crippen molar-refractivity contribution in [3.63, 3.8) is 0 Å². The summed E-state index contributed by atoms with van der Waals surface area (Å²) in [5.74, 6) is -1.73. The van der Waals surface area contributed by atoms with Gasteiger partial charge in [0.15, 0.2) is 0 Å². The van der Waals surface area contributed by atoms with E-state index in [1.165, 1.54) is 26.0 Å². The van der Waals surface area contributed by atoms with Crippen molar-refractivity contribution in [1.82, 2.24) is 5.32 Å². The zero-order valence-corrected chi connectivity index (χ0v) is 24.2. The molecule has 238 valence electrons. The molecule has 0 aliphatic heterocycles. The number of carbonyl (C=O) groups is 1. The maximum atomic E-state index is 13.9. The molecule has 1 N–H and O–H groups in total. The van der Waals surface area contributed by atoms with E-state index in [0.717, 1.165) is 5.56 Å². The van der Waals surface area contributed by atoms with E-state index in [1.54, 1.807) is 12.1 Å². The minimum atomic E-state index is -4.99. The lowest BCUT2D eigenvalue weighted by Gasteiger charge is -2.44.